The smallest absolute Gasteiger partial charge is 0.139 e. The van der Waals surface area contributed by atoms with Crippen molar-refractivity contribution in [3.63, 3.8) is 0 Å². The molecule has 1 atom stereocenters. The third-order valence-corrected chi connectivity index (χ3v) is 4.30. The lowest BCUT2D eigenvalue weighted by molar-refractivity contribution is 0.220. The molecule has 0 amide bonds. The molecule has 0 aliphatic rings. The van der Waals surface area contributed by atoms with Gasteiger partial charge in [-0.1, -0.05) is 53.0 Å². The van der Waals surface area contributed by atoms with Crippen molar-refractivity contribution >= 4 is 34.8 Å². The van der Waals surface area contributed by atoms with E-state index in [1.165, 1.54) is 0 Å². The average molecular weight is 346 g/mol. The van der Waals surface area contributed by atoms with E-state index in [2.05, 4.69) is 0 Å². The Hall–Kier alpha value is -0.930. The summed E-state index contributed by atoms with van der Waals surface area (Å²) in [6.07, 6.45) is -0.946. The second-order valence-electron chi connectivity index (χ2n) is 4.62. The average Bonchev–Trinajstić information content (AvgIpc) is 2.45. The highest BCUT2D eigenvalue weighted by atomic mass is 35.5. The van der Waals surface area contributed by atoms with Gasteiger partial charge in [-0.25, -0.2) is 0 Å². The molecule has 0 aliphatic heterocycles. The molecule has 2 rings (SSSR count). The Labute approximate surface area is 139 Å². The van der Waals surface area contributed by atoms with Gasteiger partial charge in [-0.05, 0) is 25.5 Å². The Morgan fingerprint density at radius 2 is 1.81 bits per heavy atom. The van der Waals surface area contributed by atoms with Crippen molar-refractivity contribution < 1.29 is 9.84 Å². The Bertz CT molecular complexity index is 656. The Balaban J connectivity index is 2.46. The van der Waals surface area contributed by atoms with Gasteiger partial charge in [-0.2, -0.15) is 0 Å². The molecule has 21 heavy (non-hydrogen) atoms. The molecule has 112 valence electrons. The summed E-state index contributed by atoms with van der Waals surface area (Å²) in [4.78, 5) is 0. The number of rotatable bonds is 4. The van der Waals surface area contributed by atoms with Gasteiger partial charge < -0.3 is 9.84 Å². The van der Waals surface area contributed by atoms with Crippen LogP contribution in [0.15, 0.2) is 30.3 Å². The molecule has 0 saturated carbocycles. The topological polar surface area (TPSA) is 29.5 Å². The number of aryl methyl sites for hydroxylation is 1. The lowest BCUT2D eigenvalue weighted by atomic mass is 9.99. The SMILES string of the molecule is CCOc1cc(Cl)c(C(O)c2cccc(C)c2Cl)cc1Cl. The van der Waals surface area contributed by atoms with Crippen LogP contribution in [0.25, 0.3) is 0 Å². The quantitative estimate of drug-likeness (QED) is 0.800. The lowest BCUT2D eigenvalue weighted by Crippen LogP contribution is -2.03. The molecule has 2 aromatic carbocycles. The van der Waals surface area contributed by atoms with Crippen LogP contribution < -0.4 is 4.74 Å². The maximum absolute atomic E-state index is 10.6. The van der Waals surface area contributed by atoms with Crippen LogP contribution in [-0.4, -0.2) is 11.7 Å². The third kappa shape index (κ3) is 3.46. The summed E-state index contributed by atoms with van der Waals surface area (Å²) in [5.41, 5.74) is 1.98. The van der Waals surface area contributed by atoms with E-state index in [1.807, 2.05) is 26.0 Å². The van der Waals surface area contributed by atoms with Crippen molar-refractivity contribution in [2.75, 3.05) is 6.61 Å². The molecule has 2 nitrogen and oxygen atoms in total. The largest absolute Gasteiger partial charge is 0.492 e. The number of hydrogen-bond acceptors (Lipinski definition) is 2. The third-order valence-electron chi connectivity index (χ3n) is 3.16. The van der Waals surface area contributed by atoms with Crippen molar-refractivity contribution in [1.82, 2.24) is 0 Å². The van der Waals surface area contributed by atoms with Crippen LogP contribution in [-0.2, 0) is 0 Å². The number of aliphatic hydroxyl groups is 1. The van der Waals surface area contributed by atoms with Crippen molar-refractivity contribution in [3.05, 3.63) is 62.1 Å². The van der Waals surface area contributed by atoms with Crippen molar-refractivity contribution in [2.45, 2.75) is 20.0 Å². The summed E-state index contributed by atoms with van der Waals surface area (Å²) >= 11 is 18.6. The van der Waals surface area contributed by atoms with Crippen LogP contribution in [0, 0.1) is 6.92 Å². The summed E-state index contributed by atoms with van der Waals surface area (Å²) in [7, 11) is 0. The highest BCUT2D eigenvalue weighted by Crippen LogP contribution is 2.38. The van der Waals surface area contributed by atoms with Crippen LogP contribution in [0.4, 0.5) is 0 Å². The fourth-order valence-corrected chi connectivity index (χ4v) is 2.78. The highest BCUT2D eigenvalue weighted by Gasteiger charge is 2.19. The fraction of sp³-hybridized carbons (Fsp3) is 0.250. The molecule has 0 spiro atoms. The van der Waals surface area contributed by atoms with Gasteiger partial charge in [0.05, 0.1) is 16.7 Å². The van der Waals surface area contributed by atoms with E-state index in [0.717, 1.165) is 5.56 Å². The van der Waals surface area contributed by atoms with Crippen molar-refractivity contribution in [3.8, 4) is 5.75 Å². The first-order valence-electron chi connectivity index (χ1n) is 6.50. The van der Waals surface area contributed by atoms with Crippen LogP contribution in [0.3, 0.4) is 0 Å². The predicted molar refractivity (Wildman–Crippen MR) is 87.9 cm³/mol. The standard InChI is InChI=1S/C16H15Cl3O2/c1-3-21-14-8-12(17)11(7-13(14)18)16(20)10-6-4-5-9(2)15(10)19/h4-8,16,20H,3H2,1-2H3. The summed E-state index contributed by atoms with van der Waals surface area (Å²) < 4.78 is 5.38. The molecule has 0 bridgehead atoms. The molecule has 1 N–H and O–H groups in total. The molecule has 0 heterocycles. The van der Waals surface area contributed by atoms with E-state index in [9.17, 15) is 5.11 Å². The summed E-state index contributed by atoms with van der Waals surface area (Å²) in [5.74, 6) is 0.496. The highest BCUT2D eigenvalue weighted by molar-refractivity contribution is 6.35. The van der Waals surface area contributed by atoms with Gasteiger partial charge in [0, 0.05) is 22.2 Å². The van der Waals surface area contributed by atoms with Gasteiger partial charge in [-0.3, -0.25) is 0 Å². The minimum atomic E-state index is -0.946. The number of ether oxygens (including phenoxy) is 1. The molecule has 0 aromatic heterocycles. The first kappa shape index (κ1) is 16.4. The molecule has 0 fully saturated rings. The van der Waals surface area contributed by atoms with E-state index < -0.39 is 6.10 Å². The van der Waals surface area contributed by atoms with E-state index in [4.69, 9.17) is 39.5 Å². The van der Waals surface area contributed by atoms with Gasteiger partial charge in [0.25, 0.3) is 0 Å². The van der Waals surface area contributed by atoms with Gasteiger partial charge in [-0.15, -0.1) is 0 Å². The second-order valence-corrected chi connectivity index (χ2v) is 5.81. The molecular weight excluding hydrogens is 331 g/mol. The van der Waals surface area contributed by atoms with Gasteiger partial charge in [0.15, 0.2) is 0 Å². The minimum Gasteiger partial charge on any atom is -0.492 e. The van der Waals surface area contributed by atoms with E-state index in [0.29, 0.717) is 38.6 Å². The van der Waals surface area contributed by atoms with E-state index in [-0.39, 0.29) is 0 Å². The maximum Gasteiger partial charge on any atom is 0.139 e. The van der Waals surface area contributed by atoms with Crippen LogP contribution >= 0.6 is 34.8 Å². The zero-order valence-electron chi connectivity index (χ0n) is 11.7. The Kier molecular flexibility index (Phi) is 5.39. The van der Waals surface area contributed by atoms with Crippen molar-refractivity contribution in [1.29, 1.82) is 0 Å². The predicted octanol–water partition coefficient (Wildman–Crippen LogP) is 5.44. The number of benzene rings is 2. The first-order valence-corrected chi connectivity index (χ1v) is 7.64. The maximum atomic E-state index is 10.6. The van der Waals surface area contributed by atoms with E-state index in [1.54, 1.807) is 18.2 Å². The monoisotopic (exact) mass is 344 g/mol. The van der Waals surface area contributed by atoms with Gasteiger partial charge >= 0.3 is 0 Å². The van der Waals surface area contributed by atoms with E-state index >= 15 is 0 Å². The van der Waals surface area contributed by atoms with Crippen molar-refractivity contribution in [2.24, 2.45) is 0 Å². The first-order chi connectivity index (χ1) is 9.95. The molecule has 1 unspecified atom stereocenters. The van der Waals surface area contributed by atoms with Gasteiger partial charge in [0.2, 0.25) is 0 Å². The molecule has 5 heteroatoms. The summed E-state index contributed by atoms with van der Waals surface area (Å²) in [6.45, 7) is 4.23. The Morgan fingerprint density at radius 1 is 1.10 bits per heavy atom. The number of hydrogen-bond donors (Lipinski definition) is 1. The number of halogens is 3. The number of aliphatic hydroxyl groups excluding tert-OH is 1. The summed E-state index contributed by atoms with van der Waals surface area (Å²) in [5, 5.41) is 11.9. The normalized spacial score (nSPS) is 12.3. The summed E-state index contributed by atoms with van der Waals surface area (Å²) in [6, 6.07) is 8.70. The van der Waals surface area contributed by atoms with Gasteiger partial charge in [0.1, 0.15) is 11.9 Å². The Morgan fingerprint density at radius 3 is 2.48 bits per heavy atom. The molecule has 2 aromatic rings. The fourth-order valence-electron chi connectivity index (χ4n) is 2.07. The lowest BCUT2D eigenvalue weighted by Gasteiger charge is -2.17. The zero-order chi connectivity index (χ0) is 15.6. The zero-order valence-corrected chi connectivity index (χ0v) is 13.9. The second kappa shape index (κ2) is 6.89. The molecule has 0 saturated heterocycles. The van der Waals surface area contributed by atoms with Crippen LogP contribution in [0.5, 0.6) is 5.75 Å². The molecule has 0 radical (unpaired) electrons. The molecule has 0 aliphatic carbocycles. The molecular formula is C16H15Cl3O2. The minimum absolute atomic E-state index is 0.382. The van der Waals surface area contributed by atoms with Crippen LogP contribution in [0.1, 0.15) is 29.7 Å². The van der Waals surface area contributed by atoms with Crippen LogP contribution in [0.2, 0.25) is 15.1 Å².